The van der Waals surface area contributed by atoms with E-state index in [9.17, 15) is 4.79 Å². The van der Waals surface area contributed by atoms with Gasteiger partial charge in [0.1, 0.15) is 5.82 Å². The van der Waals surface area contributed by atoms with Crippen LogP contribution < -0.4 is 25.0 Å². The predicted octanol–water partition coefficient (Wildman–Crippen LogP) is 3.28. The Bertz CT molecular complexity index is 1150. The first-order valence-corrected chi connectivity index (χ1v) is 10.9. The number of benzene rings is 2. The summed E-state index contributed by atoms with van der Waals surface area (Å²) < 4.78 is 16.1. The van der Waals surface area contributed by atoms with E-state index in [1.165, 1.54) is 0 Å². The maximum absolute atomic E-state index is 12.5. The second kappa shape index (κ2) is 9.33. The summed E-state index contributed by atoms with van der Waals surface area (Å²) in [5.41, 5.74) is 3.30. The number of hydrogen-bond donors (Lipinski definition) is 2. The van der Waals surface area contributed by atoms with Crippen molar-refractivity contribution in [1.29, 1.82) is 0 Å². The lowest BCUT2D eigenvalue weighted by molar-refractivity contribution is -0.115. The van der Waals surface area contributed by atoms with E-state index in [0.29, 0.717) is 36.3 Å². The van der Waals surface area contributed by atoms with Gasteiger partial charge in [-0.1, -0.05) is 6.07 Å². The van der Waals surface area contributed by atoms with E-state index in [0.717, 1.165) is 35.9 Å². The standard InChI is InChI=1S/C24H25N5O4/c1-16-12-22(29-8-10-31-11-9-29)28-24(25-16)27-19-5-3-18(4-6-19)26-23(30)14-17-2-7-20-21(13-17)33-15-32-20/h2-7,12-13H,8-11,14-15H2,1H3,(H,26,30)(H,25,27,28). The maximum Gasteiger partial charge on any atom is 0.231 e. The quantitative estimate of drug-likeness (QED) is 0.594. The Hall–Kier alpha value is -3.85. The summed E-state index contributed by atoms with van der Waals surface area (Å²) in [7, 11) is 0. The minimum Gasteiger partial charge on any atom is -0.454 e. The maximum atomic E-state index is 12.5. The van der Waals surface area contributed by atoms with Gasteiger partial charge in [0, 0.05) is 36.2 Å². The van der Waals surface area contributed by atoms with Crippen LogP contribution in [0.5, 0.6) is 11.5 Å². The van der Waals surface area contributed by atoms with Crippen LogP contribution in [0.15, 0.2) is 48.5 Å². The highest BCUT2D eigenvalue weighted by Crippen LogP contribution is 2.32. The molecule has 9 heteroatoms. The van der Waals surface area contributed by atoms with Crippen molar-refractivity contribution in [3.8, 4) is 11.5 Å². The first-order chi connectivity index (χ1) is 16.1. The van der Waals surface area contributed by atoms with Gasteiger partial charge >= 0.3 is 0 Å². The van der Waals surface area contributed by atoms with Gasteiger partial charge in [0.15, 0.2) is 11.5 Å². The van der Waals surface area contributed by atoms with E-state index in [1.807, 2.05) is 55.5 Å². The Labute approximate surface area is 191 Å². The average Bonchev–Trinajstić information content (AvgIpc) is 3.28. The number of aryl methyl sites for hydroxylation is 1. The van der Waals surface area contributed by atoms with Crippen LogP contribution >= 0.6 is 0 Å². The van der Waals surface area contributed by atoms with Crippen molar-refractivity contribution in [3.05, 3.63) is 59.8 Å². The minimum absolute atomic E-state index is 0.105. The van der Waals surface area contributed by atoms with Gasteiger partial charge in [0.05, 0.1) is 19.6 Å². The van der Waals surface area contributed by atoms with E-state index in [-0.39, 0.29) is 19.1 Å². The SMILES string of the molecule is Cc1cc(N2CCOCC2)nc(Nc2ccc(NC(=O)Cc3ccc4c(c3)OCO4)cc2)n1. The van der Waals surface area contributed by atoms with Gasteiger partial charge < -0.3 is 29.7 Å². The fourth-order valence-electron chi connectivity index (χ4n) is 3.77. The van der Waals surface area contributed by atoms with Crippen LogP contribution in [0.25, 0.3) is 0 Å². The van der Waals surface area contributed by atoms with E-state index in [1.54, 1.807) is 0 Å². The molecule has 2 aromatic carbocycles. The van der Waals surface area contributed by atoms with Gasteiger partial charge in [0.2, 0.25) is 18.6 Å². The molecule has 9 nitrogen and oxygen atoms in total. The molecule has 33 heavy (non-hydrogen) atoms. The largest absolute Gasteiger partial charge is 0.454 e. The molecule has 0 unspecified atom stereocenters. The van der Waals surface area contributed by atoms with Crippen LogP contribution in [0.4, 0.5) is 23.1 Å². The number of morpholine rings is 1. The Balaban J connectivity index is 1.20. The third kappa shape index (κ3) is 5.15. The lowest BCUT2D eigenvalue weighted by Crippen LogP contribution is -2.36. The van der Waals surface area contributed by atoms with Crippen LogP contribution in [-0.2, 0) is 16.0 Å². The highest BCUT2D eigenvalue weighted by Gasteiger charge is 2.16. The number of nitrogens with one attached hydrogen (secondary N) is 2. The predicted molar refractivity (Wildman–Crippen MR) is 124 cm³/mol. The second-order valence-corrected chi connectivity index (χ2v) is 7.91. The second-order valence-electron chi connectivity index (χ2n) is 7.91. The van der Waals surface area contributed by atoms with Crippen molar-refractivity contribution >= 4 is 29.0 Å². The van der Waals surface area contributed by atoms with Crippen molar-refractivity contribution in [2.45, 2.75) is 13.3 Å². The Kier molecular flexibility index (Phi) is 5.95. The monoisotopic (exact) mass is 447 g/mol. The zero-order valence-corrected chi connectivity index (χ0v) is 18.3. The minimum atomic E-state index is -0.105. The number of carbonyl (C=O) groups is 1. The molecule has 3 heterocycles. The highest BCUT2D eigenvalue weighted by atomic mass is 16.7. The average molecular weight is 447 g/mol. The van der Waals surface area contributed by atoms with Crippen molar-refractivity contribution in [3.63, 3.8) is 0 Å². The molecule has 0 atom stereocenters. The zero-order chi connectivity index (χ0) is 22.6. The molecule has 0 saturated carbocycles. The van der Waals surface area contributed by atoms with Gasteiger partial charge in [-0.3, -0.25) is 4.79 Å². The molecule has 0 aliphatic carbocycles. The third-order valence-electron chi connectivity index (χ3n) is 5.40. The topological polar surface area (TPSA) is 97.8 Å². The van der Waals surface area contributed by atoms with Crippen LogP contribution in [0.2, 0.25) is 0 Å². The molecule has 1 fully saturated rings. The van der Waals surface area contributed by atoms with Gasteiger partial charge in [-0.25, -0.2) is 4.98 Å². The van der Waals surface area contributed by atoms with Crippen LogP contribution in [0, 0.1) is 6.92 Å². The summed E-state index contributed by atoms with van der Waals surface area (Å²) in [6.45, 7) is 5.21. The fraction of sp³-hybridized carbons (Fsp3) is 0.292. The third-order valence-corrected chi connectivity index (χ3v) is 5.40. The number of aromatic nitrogens is 2. The van der Waals surface area contributed by atoms with Crippen molar-refractivity contribution < 1.29 is 19.0 Å². The normalized spacial score (nSPS) is 14.8. The molecule has 0 bridgehead atoms. The number of carbonyl (C=O) groups excluding carboxylic acids is 1. The zero-order valence-electron chi connectivity index (χ0n) is 18.3. The summed E-state index contributed by atoms with van der Waals surface area (Å²) in [6, 6.07) is 15.0. The van der Waals surface area contributed by atoms with Gasteiger partial charge in [-0.2, -0.15) is 4.98 Å². The molecule has 1 aromatic heterocycles. The molecule has 2 aliphatic heterocycles. The summed E-state index contributed by atoms with van der Waals surface area (Å²) in [6.07, 6.45) is 0.248. The molecular formula is C24H25N5O4. The smallest absolute Gasteiger partial charge is 0.231 e. The van der Waals surface area contributed by atoms with Gasteiger partial charge in [0.25, 0.3) is 0 Å². The van der Waals surface area contributed by atoms with Crippen LogP contribution in [0.3, 0.4) is 0 Å². The molecule has 170 valence electrons. The molecular weight excluding hydrogens is 422 g/mol. The van der Waals surface area contributed by atoms with Gasteiger partial charge in [-0.15, -0.1) is 0 Å². The molecule has 3 aromatic rings. The number of fused-ring (bicyclic) bond motifs is 1. The molecule has 0 spiro atoms. The van der Waals surface area contributed by atoms with E-state index in [2.05, 4.69) is 25.5 Å². The molecule has 5 rings (SSSR count). The Morgan fingerprint density at radius 1 is 0.970 bits per heavy atom. The van der Waals surface area contributed by atoms with Gasteiger partial charge in [-0.05, 0) is 48.9 Å². The summed E-state index contributed by atoms with van der Waals surface area (Å²) in [5.74, 6) is 2.70. The van der Waals surface area contributed by atoms with E-state index >= 15 is 0 Å². The first-order valence-electron chi connectivity index (χ1n) is 10.9. The number of nitrogens with zero attached hydrogens (tertiary/aromatic N) is 3. The first kappa shape index (κ1) is 21.0. The number of hydrogen-bond acceptors (Lipinski definition) is 8. The van der Waals surface area contributed by atoms with Crippen LogP contribution in [0.1, 0.15) is 11.3 Å². The Morgan fingerprint density at radius 3 is 2.55 bits per heavy atom. The molecule has 2 aliphatic rings. The van der Waals surface area contributed by atoms with Crippen molar-refractivity contribution in [1.82, 2.24) is 9.97 Å². The lowest BCUT2D eigenvalue weighted by atomic mass is 10.1. The van der Waals surface area contributed by atoms with Crippen LogP contribution in [-0.4, -0.2) is 49.0 Å². The number of anilines is 4. The summed E-state index contributed by atoms with van der Waals surface area (Å²) >= 11 is 0. The fourth-order valence-corrected chi connectivity index (χ4v) is 3.77. The summed E-state index contributed by atoms with van der Waals surface area (Å²) in [5, 5.41) is 6.17. The Morgan fingerprint density at radius 2 is 1.73 bits per heavy atom. The van der Waals surface area contributed by atoms with E-state index < -0.39 is 0 Å². The number of rotatable bonds is 6. The summed E-state index contributed by atoms with van der Waals surface area (Å²) in [4.78, 5) is 23.8. The molecule has 1 amide bonds. The molecule has 1 saturated heterocycles. The van der Waals surface area contributed by atoms with E-state index in [4.69, 9.17) is 14.2 Å². The number of ether oxygens (including phenoxy) is 3. The highest BCUT2D eigenvalue weighted by molar-refractivity contribution is 5.92. The molecule has 2 N–H and O–H groups in total. The molecule has 0 radical (unpaired) electrons. The lowest BCUT2D eigenvalue weighted by Gasteiger charge is -2.28. The number of amides is 1. The van der Waals surface area contributed by atoms with Crippen molar-refractivity contribution in [2.75, 3.05) is 48.6 Å². The van der Waals surface area contributed by atoms with Crippen molar-refractivity contribution in [2.24, 2.45) is 0 Å².